The number of hydrogen-bond acceptors (Lipinski definition) is 2. The van der Waals surface area contributed by atoms with Crippen LogP contribution >= 0.6 is 11.6 Å². The molecule has 1 heterocycles. The molecule has 16 heavy (non-hydrogen) atoms. The lowest BCUT2D eigenvalue weighted by Gasteiger charge is -2.16. The highest BCUT2D eigenvalue weighted by molar-refractivity contribution is 6.31. The predicted molar refractivity (Wildman–Crippen MR) is 63.8 cm³/mol. The van der Waals surface area contributed by atoms with E-state index in [0.717, 1.165) is 31.6 Å². The number of nitrogens with zero attached hydrogens (tertiary/aromatic N) is 1. The van der Waals surface area contributed by atoms with E-state index in [9.17, 15) is 4.39 Å². The lowest BCUT2D eigenvalue weighted by Crippen LogP contribution is -2.23. The molecule has 1 fully saturated rings. The maximum atomic E-state index is 13.2. The summed E-state index contributed by atoms with van der Waals surface area (Å²) in [6.45, 7) is 3.46. The topological polar surface area (TPSA) is 29.3 Å². The molecular weight excluding hydrogens is 227 g/mol. The van der Waals surface area contributed by atoms with Crippen molar-refractivity contribution in [1.82, 2.24) is 4.90 Å². The van der Waals surface area contributed by atoms with Crippen molar-refractivity contribution in [2.75, 3.05) is 19.6 Å². The van der Waals surface area contributed by atoms with E-state index in [4.69, 9.17) is 17.3 Å². The van der Waals surface area contributed by atoms with E-state index in [2.05, 4.69) is 4.90 Å². The fourth-order valence-corrected chi connectivity index (χ4v) is 2.35. The minimum atomic E-state index is -0.339. The summed E-state index contributed by atoms with van der Waals surface area (Å²) in [4.78, 5) is 2.28. The number of nitrogens with two attached hydrogens (primary N) is 1. The van der Waals surface area contributed by atoms with E-state index < -0.39 is 0 Å². The van der Waals surface area contributed by atoms with Crippen LogP contribution in [0.3, 0.4) is 0 Å². The highest BCUT2D eigenvalue weighted by atomic mass is 35.5. The minimum absolute atomic E-state index is 0.249. The summed E-state index contributed by atoms with van der Waals surface area (Å²) in [5, 5.41) is 0.249. The van der Waals surface area contributed by atoms with Crippen LogP contribution in [0.5, 0.6) is 0 Å². The number of halogens is 2. The standard InChI is InChI=1S/C12H16ClFN2/c13-12-10(2-1-3-11(12)14)8-16-5-4-9(6-15)7-16/h1-3,9H,4-8,15H2. The van der Waals surface area contributed by atoms with Gasteiger partial charge in [0.05, 0.1) is 5.02 Å². The Morgan fingerprint density at radius 1 is 1.50 bits per heavy atom. The second-order valence-electron chi connectivity index (χ2n) is 4.34. The molecule has 1 atom stereocenters. The molecular formula is C12H16ClFN2. The molecule has 1 aromatic carbocycles. The molecule has 2 nitrogen and oxygen atoms in total. The molecule has 0 spiro atoms. The van der Waals surface area contributed by atoms with Crippen LogP contribution in [0, 0.1) is 11.7 Å². The van der Waals surface area contributed by atoms with Gasteiger partial charge < -0.3 is 5.73 Å². The molecule has 2 N–H and O–H groups in total. The van der Waals surface area contributed by atoms with Crippen molar-refractivity contribution in [3.8, 4) is 0 Å². The first-order valence-electron chi connectivity index (χ1n) is 5.56. The molecule has 0 saturated carbocycles. The number of benzene rings is 1. The van der Waals surface area contributed by atoms with Crippen molar-refractivity contribution in [2.45, 2.75) is 13.0 Å². The summed E-state index contributed by atoms with van der Waals surface area (Å²) < 4.78 is 13.2. The number of rotatable bonds is 3. The van der Waals surface area contributed by atoms with E-state index in [1.165, 1.54) is 6.07 Å². The summed E-state index contributed by atoms with van der Waals surface area (Å²) in [5.41, 5.74) is 6.49. The van der Waals surface area contributed by atoms with E-state index in [-0.39, 0.29) is 10.8 Å². The maximum Gasteiger partial charge on any atom is 0.142 e. The zero-order valence-corrected chi connectivity index (χ0v) is 9.88. The molecule has 0 aromatic heterocycles. The third kappa shape index (κ3) is 2.54. The second kappa shape index (κ2) is 5.13. The van der Waals surface area contributed by atoms with Crippen molar-refractivity contribution >= 4 is 11.6 Å². The molecule has 1 aliphatic rings. The van der Waals surface area contributed by atoms with E-state index in [1.54, 1.807) is 6.07 Å². The van der Waals surface area contributed by atoms with Crippen LogP contribution in [0.25, 0.3) is 0 Å². The van der Waals surface area contributed by atoms with Crippen molar-refractivity contribution in [3.05, 3.63) is 34.6 Å². The summed E-state index contributed by atoms with van der Waals surface area (Å²) in [6.07, 6.45) is 1.13. The van der Waals surface area contributed by atoms with E-state index >= 15 is 0 Å². The Hall–Kier alpha value is -0.640. The molecule has 0 amide bonds. The van der Waals surface area contributed by atoms with Crippen LogP contribution in [0.4, 0.5) is 4.39 Å². The first kappa shape index (κ1) is 11.8. The fraction of sp³-hybridized carbons (Fsp3) is 0.500. The average molecular weight is 243 g/mol. The Balaban J connectivity index is 2.02. The quantitative estimate of drug-likeness (QED) is 0.881. The van der Waals surface area contributed by atoms with Crippen molar-refractivity contribution in [1.29, 1.82) is 0 Å². The molecule has 2 rings (SSSR count). The van der Waals surface area contributed by atoms with Gasteiger partial charge in [0, 0.05) is 13.1 Å². The van der Waals surface area contributed by atoms with Crippen molar-refractivity contribution in [3.63, 3.8) is 0 Å². The van der Waals surface area contributed by atoms with Gasteiger partial charge in [0.2, 0.25) is 0 Å². The zero-order chi connectivity index (χ0) is 11.5. The van der Waals surface area contributed by atoms with Crippen LogP contribution in [0.2, 0.25) is 5.02 Å². The summed E-state index contributed by atoms with van der Waals surface area (Å²) in [6, 6.07) is 4.97. The van der Waals surface area contributed by atoms with Gasteiger partial charge in [-0.1, -0.05) is 23.7 Å². The Morgan fingerprint density at radius 2 is 2.31 bits per heavy atom. The van der Waals surface area contributed by atoms with Gasteiger partial charge >= 0.3 is 0 Å². The lowest BCUT2D eigenvalue weighted by atomic mass is 10.1. The van der Waals surface area contributed by atoms with Gasteiger partial charge in [0.15, 0.2) is 0 Å². The molecule has 0 aliphatic carbocycles. The highest BCUT2D eigenvalue weighted by Crippen LogP contribution is 2.24. The van der Waals surface area contributed by atoms with Crippen LogP contribution in [0.15, 0.2) is 18.2 Å². The van der Waals surface area contributed by atoms with E-state index in [1.807, 2.05) is 6.07 Å². The first-order chi connectivity index (χ1) is 7.70. The third-order valence-electron chi connectivity index (χ3n) is 3.13. The van der Waals surface area contributed by atoms with Gasteiger partial charge in [-0.2, -0.15) is 0 Å². The minimum Gasteiger partial charge on any atom is -0.330 e. The SMILES string of the molecule is NCC1CCN(Cc2cccc(F)c2Cl)C1. The number of likely N-dealkylation sites (tertiary alicyclic amines) is 1. The maximum absolute atomic E-state index is 13.2. The normalized spacial score (nSPS) is 21.6. The third-order valence-corrected chi connectivity index (χ3v) is 3.55. The highest BCUT2D eigenvalue weighted by Gasteiger charge is 2.21. The summed E-state index contributed by atoms with van der Waals surface area (Å²) in [5.74, 6) is 0.237. The average Bonchev–Trinajstić information content (AvgIpc) is 2.73. The lowest BCUT2D eigenvalue weighted by molar-refractivity contribution is 0.317. The summed E-state index contributed by atoms with van der Waals surface area (Å²) in [7, 11) is 0. The Morgan fingerprint density at radius 3 is 3.00 bits per heavy atom. The molecule has 1 aromatic rings. The van der Waals surface area contributed by atoms with Gasteiger partial charge in [-0.05, 0) is 37.1 Å². The van der Waals surface area contributed by atoms with Crippen LogP contribution in [0.1, 0.15) is 12.0 Å². The van der Waals surface area contributed by atoms with E-state index in [0.29, 0.717) is 12.5 Å². The Kier molecular flexibility index (Phi) is 3.79. The zero-order valence-electron chi connectivity index (χ0n) is 9.13. The van der Waals surface area contributed by atoms with Gasteiger partial charge in [0.25, 0.3) is 0 Å². The molecule has 1 unspecified atom stereocenters. The number of hydrogen-bond donors (Lipinski definition) is 1. The predicted octanol–water partition coefficient (Wildman–Crippen LogP) is 2.26. The largest absolute Gasteiger partial charge is 0.330 e. The van der Waals surface area contributed by atoms with Gasteiger partial charge in [-0.15, -0.1) is 0 Å². The van der Waals surface area contributed by atoms with Gasteiger partial charge in [0.1, 0.15) is 5.82 Å². The molecule has 1 aliphatic heterocycles. The monoisotopic (exact) mass is 242 g/mol. The molecule has 1 saturated heterocycles. The van der Waals surface area contributed by atoms with Crippen LogP contribution in [-0.4, -0.2) is 24.5 Å². The molecule has 0 radical (unpaired) electrons. The Labute approximate surface area is 100 Å². The van der Waals surface area contributed by atoms with Crippen molar-refractivity contribution < 1.29 is 4.39 Å². The van der Waals surface area contributed by atoms with Gasteiger partial charge in [-0.3, -0.25) is 4.90 Å². The Bertz CT molecular complexity index is 370. The molecule has 0 bridgehead atoms. The fourth-order valence-electron chi connectivity index (χ4n) is 2.16. The van der Waals surface area contributed by atoms with Crippen LogP contribution < -0.4 is 5.73 Å². The molecule has 4 heteroatoms. The summed E-state index contributed by atoms with van der Waals surface area (Å²) >= 11 is 5.92. The molecule has 88 valence electrons. The smallest absolute Gasteiger partial charge is 0.142 e. The van der Waals surface area contributed by atoms with Crippen LogP contribution in [-0.2, 0) is 6.54 Å². The van der Waals surface area contributed by atoms with Gasteiger partial charge in [-0.25, -0.2) is 4.39 Å². The second-order valence-corrected chi connectivity index (χ2v) is 4.72. The first-order valence-corrected chi connectivity index (χ1v) is 5.94. The van der Waals surface area contributed by atoms with Crippen molar-refractivity contribution in [2.24, 2.45) is 11.7 Å².